The maximum atomic E-state index is 10.6. The summed E-state index contributed by atoms with van der Waals surface area (Å²) in [7, 11) is 0. The standard InChI is InChI=1S/C11H16N2OS/c1-3-4-5-10-8-15-11(13-10)6-7-12-9(2)14/h3,8H,1,4-7H2,2H3,(H,12,14). The van der Waals surface area contributed by atoms with Crippen LogP contribution >= 0.6 is 11.3 Å². The highest BCUT2D eigenvalue weighted by atomic mass is 32.1. The van der Waals surface area contributed by atoms with E-state index in [-0.39, 0.29) is 5.91 Å². The maximum absolute atomic E-state index is 10.6. The Morgan fingerprint density at radius 2 is 2.47 bits per heavy atom. The van der Waals surface area contributed by atoms with Gasteiger partial charge in [0.05, 0.1) is 10.7 Å². The molecule has 1 amide bonds. The molecule has 1 heterocycles. The Morgan fingerprint density at radius 3 is 3.13 bits per heavy atom. The van der Waals surface area contributed by atoms with Gasteiger partial charge in [-0.1, -0.05) is 6.08 Å². The number of aryl methyl sites for hydroxylation is 1. The van der Waals surface area contributed by atoms with Crippen molar-refractivity contribution in [2.24, 2.45) is 0 Å². The summed E-state index contributed by atoms with van der Waals surface area (Å²) in [5.41, 5.74) is 1.12. The summed E-state index contributed by atoms with van der Waals surface area (Å²) < 4.78 is 0. The van der Waals surface area contributed by atoms with Crippen molar-refractivity contribution < 1.29 is 4.79 Å². The van der Waals surface area contributed by atoms with Gasteiger partial charge in [0.25, 0.3) is 0 Å². The SMILES string of the molecule is C=CCCc1csc(CCNC(C)=O)n1. The van der Waals surface area contributed by atoms with Crippen LogP contribution in [0.2, 0.25) is 0 Å². The molecule has 82 valence electrons. The van der Waals surface area contributed by atoms with Gasteiger partial charge in [-0.25, -0.2) is 4.98 Å². The van der Waals surface area contributed by atoms with E-state index in [4.69, 9.17) is 0 Å². The highest BCUT2D eigenvalue weighted by Crippen LogP contribution is 2.11. The molecule has 1 aromatic heterocycles. The maximum Gasteiger partial charge on any atom is 0.216 e. The number of hydrogen-bond acceptors (Lipinski definition) is 3. The van der Waals surface area contributed by atoms with Gasteiger partial charge < -0.3 is 5.32 Å². The number of carbonyl (C=O) groups excluding carboxylic acids is 1. The van der Waals surface area contributed by atoms with Gasteiger partial charge in [0.15, 0.2) is 0 Å². The van der Waals surface area contributed by atoms with Crippen LogP contribution in [-0.2, 0) is 17.6 Å². The van der Waals surface area contributed by atoms with E-state index in [2.05, 4.69) is 22.3 Å². The quantitative estimate of drug-likeness (QED) is 0.750. The third-order valence-electron chi connectivity index (χ3n) is 1.92. The van der Waals surface area contributed by atoms with Crippen molar-refractivity contribution in [2.45, 2.75) is 26.2 Å². The summed E-state index contributed by atoms with van der Waals surface area (Å²) in [4.78, 5) is 15.1. The molecule has 3 nitrogen and oxygen atoms in total. The van der Waals surface area contributed by atoms with E-state index >= 15 is 0 Å². The van der Waals surface area contributed by atoms with Crippen molar-refractivity contribution in [3.63, 3.8) is 0 Å². The van der Waals surface area contributed by atoms with Gasteiger partial charge >= 0.3 is 0 Å². The first kappa shape index (κ1) is 11.9. The van der Waals surface area contributed by atoms with Crippen molar-refractivity contribution >= 4 is 17.2 Å². The molecule has 0 aromatic carbocycles. The highest BCUT2D eigenvalue weighted by Gasteiger charge is 2.01. The second kappa shape index (κ2) is 6.35. The van der Waals surface area contributed by atoms with Crippen LogP contribution in [0.1, 0.15) is 24.0 Å². The predicted octanol–water partition coefficient (Wildman–Crippen LogP) is 1.94. The van der Waals surface area contributed by atoms with E-state index in [1.54, 1.807) is 11.3 Å². The molecule has 1 rings (SSSR count). The Bertz CT molecular complexity index is 333. The van der Waals surface area contributed by atoms with Crippen molar-refractivity contribution in [1.29, 1.82) is 0 Å². The van der Waals surface area contributed by atoms with Crippen LogP contribution in [0.5, 0.6) is 0 Å². The second-order valence-corrected chi connectivity index (χ2v) is 4.24. The zero-order valence-electron chi connectivity index (χ0n) is 8.95. The minimum atomic E-state index is 0.0124. The van der Waals surface area contributed by atoms with E-state index in [0.29, 0.717) is 6.54 Å². The van der Waals surface area contributed by atoms with Crippen molar-refractivity contribution in [3.8, 4) is 0 Å². The fourth-order valence-electron chi connectivity index (χ4n) is 1.17. The minimum absolute atomic E-state index is 0.0124. The summed E-state index contributed by atoms with van der Waals surface area (Å²) in [6.45, 7) is 5.88. The van der Waals surface area contributed by atoms with Crippen LogP contribution < -0.4 is 5.32 Å². The fourth-order valence-corrected chi connectivity index (χ4v) is 2.01. The first-order valence-electron chi connectivity index (χ1n) is 5.01. The van der Waals surface area contributed by atoms with E-state index in [1.807, 2.05) is 6.08 Å². The largest absolute Gasteiger partial charge is 0.356 e. The van der Waals surface area contributed by atoms with Crippen LogP contribution in [0, 0.1) is 0 Å². The Morgan fingerprint density at radius 1 is 1.67 bits per heavy atom. The van der Waals surface area contributed by atoms with E-state index in [1.165, 1.54) is 6.92 Å². The molecule has 0 radical (unpaired) electrons. The molecule has 0 aliphatic carbocycles. The lowest BCUT2D eigenvalue weighted by molar-refractivity contribution is -0.118. The van der Waals surface area contributed by atoms with Crippen LogP contribution in [0.15, 0.2) is 18.0 Å². The zero-order chi connectivity index (χ0) is 11.1. The Balaban J connectivity index is 2.32. The van der Waals surface area contributed by atoms with Crippen LogP contribution in [0.4, 0.5) is 0 Å². The monoisotopic (exact) mass is 224 g/mol. The van der Waals surface area contributed by atoms with Gasteiger partial charge in [0.1, 0.15) is 0 Å². The lowest BCUT2D eigenvalue weighted by Crippen LogP contribution is -2.22. The molecule has 0 aliphatic rings. The summed E-state index contributed by atoms with van der Waals surface area (Å²) >= 11 is 1.65. The van der Waals surface area contributed by atoms with Crippen molar-refractivity contribution in [1.82, 2.24) is 10.3 Å². The van der Waals surface area contributed by atoms with E-state index < -0.39 is 0 Å². The summed E-state index contributed by atoms with van der Waals surface area (Å²) in [6, 6.07) is 0. The molecular weight excluding hydrogens is 208 g/mol. The normalized spacial score (nSPS) is 9.93. The van der Waals surface area contributed by atoms with Gasteiger partial charge in [0, 0.05) is 25.3 Å². The highest BCUT2D eigenvalue weighted by molar-refractivity contribution is 7.09. The van der Waals surface area contributed by atoms with Gasteiger partial charge in [-0.3, -0.25) is 4.79 Å². The first-order chi connectivity index (χ1) is 7.22. The third kappa shape index (κ3) is 4.74. The predicted molar refractivity (Wildman–Crippen MR) is 63.0 cm³/mol. The number of aromatic nitrogens is 1. The van der Waals surface area contributed by atoms with E-state index in [0.717, 1.165) is 30.0 Å². The van der Waals surface area contributed by atoms with Gasteiger partial charge in [0.2, 0.25) is 5.91 Å². The number of hydrogen-bond donors (Lipinski definition) is 1. The molecule has 0 saturated carbocycles. The number of nitrogens with zero attached hydrogens (tertiary/aromatic N) is 1. The molecular formula is C11H16N2OS. The van der Waals surface area contributed by atoms with Gasteiger partial charge in [-0.05, 0) is 12.8 Å². The molecule has 15 heavy (non-hydrogen) atoms. The average Bonchev–Trinajstić information content (AvgIpc) is 2.62. The van der Waals surface area contributed by atoms with Crippen molar-refractivity contribution in [2.75, 3.05) is 6.54 Å². The number of nitrogens with one attached hydrogen (secondary N) is 1. The molecule has 0 unspecified atom stereocenters. The summed E-state index contributed by atoms with van der Waals surface area (Å²) in [5, 5.41) is 5.92. The lowest BCUT2D eigenvalue weighted by atomic mass is 10.2. The number of carbonyl (C=O) groups is 1. The second-order valence-electron chi connectivity index (χ2n) is 3.29. The molecule has 0 atom stereocenters. The smallest absolute Gasteiger partial charge is 0.216 e. The number of thiazole rings is 1. The van der Waals surface area contributed by atoms with Crippen molar-refractivity contribution in [3.05, 3.63) is 28.7 Å². The fraction of sp³-hybridized carbons (Fsp3) is 0.455. The Kier molecular flexibility index (Phi) is 5.04. The Hall–Kier alpha value is -1.16. The molecule has 4 heteroatoms. The average molecular weight is 224 g/mol. The molecule has 0 saturated heterocycles. The molecule has 0 bridgehead atoms. The molecule has 1 aromatic rings. The number of amides is 1. The third-order valence-corrected chi connectivity index (χ3v) is 2.87. The summed E-state index contributed by atoms with van der Waals surface area (Å²) in [6.07, 6.45) is 4.64. The number of rotatable bonds is 6. The molecule has 0 aliphatic heterocycles. The number of allylic oxidation sites excluding steroid dienone is 1. The van der Waals surface area contributed by atoms with Gasteiger partial charge in [-0.2, -0.15) is 0 Å². The first-order valence-corrected chi connectivity index (χ1v) is 5.89. The summed E-state index contributed by atoms with van der Waals surface area (Å²) in [5.74, 6) is 0.0124. The van der Waals surface area contributed by atoms with Crippen LogP contribution in [0.25, 0.3) is 0 Å². The Labute approximate surface area is 94.2 Å². The minimum Gasteiger partial charge on any atom is -0.356 e. The van der Waals surface area contributed by atoms with E-state index in [9.17, 15) is 4.79 Å². The topological polar surface area (TPSA) is 42.0 Å². The molecule has 0 fully saturated rings. The van der Waals surface area contributed by atoms with Crippen LogP contribution in [-0.4, -0.2) is 17.4 Å². The van der Waals surface area contributed by atoms with Gasteiger partial charge in [-0.15, -0.1) is 17.9 Å². The molecule has 0 spiro atoms. The lowest BCUT2D eigenvalue weighted by Gasteiger charge is -1.98. The van der Waals surface area contributed by atoms with Crippen LogP contribution in [0.3, 0.4) is 0 Å². The molecule has 1 N–H and O–H groups in total. The zero-order valence-corrected chi connectivity index (χ0v) is 9.77.